The molecule has 0 aromatic heterocycles. The topological polar surface area (TPSA) is 61.9 Å². The predicted octanol–water partition coefficient (Wildman–Crippen LogP) is 5.87. The van der Waals surface area contributed by atoms with Gasteiger partial charge in [0, 0.05) is 31.4 Å². The van der Waals surface area contributed by atoms with Gasteiger partial charge in [-0.15, -0.1) is 24.0 Å². The Kier molecular flexibility index (Phi) is 10.5. The second-order valence-electron chi connectivity index (χ2n) is 9.06. The summed E-state index contributed by atoms with van der Waals surface area (Å²) < 4.78 is 19.8. The lowest BCUT2D eigenvalue weighted by Gasteiger charge is -2.39. The number of rotatable bonds is 8. The third-order valence-electron chi connectivity index (χ3n) is 6.53. The predicted molar refractivity (Wildman–Crippen MR) is 151 cm³/mol. The summed E-state index contributed by atoms with van der Waals surface area (Å²) in [5.74, 6) is -0.0984. The monoisotopic (exact) mass is 559 g/mol. The number of aryl methyl sites for hydroxylation is 1. The number of alkyl halides is 1. The molecule has 0 aliphatic carbocycles. The van der Waals surface area contributed by atoms with Crippen molar-refractivity contribution in [2.24, 2.45) is 0 Å². The van der Waals surface area contributed by atoms with E-state index < -0.39 is 17.8 Å². The molecule has 0 radical (unpaired) electrons. The first-order valence-electron chi connectivity index (χ1n) is 12.4. The van der Waals surface area contributed by atoms with Crippen molar-refractivity contribution in [3.8, 4) is 11.5 Å². The van der Waals surface area contributed by atoms with Gasteiger partial charge >= 0.3 is 0 Å². The Bertz CT molecular complexity index is 1230. The second-order valence-corrected chi connectivity index (χ2v) is 9.33. The summed E-state index contributed by atoms with van der Waals surface area (Å²) in [4.78, 5) is 30.6. The quantitative estimate of drug-likeness (QED) is 0.350. The molecule has 3 aromatic rings. The zero-order valence-corrected chi connectivity index (χ0v) is 23.0. The van der Waals surface area contributed by atoms with E-state index in [4.69, 9.17) is 16.3 Å². The van der Waals surface area contributed by atoms with Crippen LogP contribution in [0.5, 0.6) is 11.5 Å². The number of nitrogens with one attached hydrogen (secondary N) is 1. The number of halogens is 3. The van der Waals surface area contributed by atoms with Crippen LogP contribution < -0.4 is 15.0 Å². The van der Waals surface area contributed by atoms with Gasteiger partial charge in [-0.1, -0.05) is 37.3 Å². The van der Waals surface area contributed by atoms with Crippen molar-refractivity contribution in [2.75, 3.05) is 30.4 Å². The van der Waals surface area contributed by atoms with Crippen molar-refractivity contribution in [3.63, 3.8) is 0 Å². The number of carbonyl (C=O) groups is 2. The Morgan fingerprint density at radius 3 is 2.45 bits per heavy atom. The molecular weight excluding hydrogens is 528 g/mol. The highest BCUT2D eigenvalue weighted by atomic mass is 35.5. The molecule has 38 heavy (non-hydrogen) atoms. The molecule has 0 saturated carbocycles. The van der Waals surface area contributed by atoms with Gasteiger partial charge in [-0.25, -0.2) is 4.39 Å². The van der Waals surface area contributed by atoms with Crippen LogP contribution in [-0.2, 0) is 9.59 Å². The van der Waals surface area contributed by atoms with Gasteiger partial charge in [0.05, 0.1) is 0 Å². The van der Waals surface area contributed by atoms with Crippen LogP contribution in [0.1, 0.15) is 30.5 Å². The molecule has 0 spiro atoms. The van der Waals surface area contributed by atoms with E-state index in [9.17, 15) is 14.0 Å². The van der Waals surface area contributed by atoms with E-state index in [2.05, 4.69) is 12.2 Å². The van der Waals surface area contributed by atoms with Crippen molar-refractivity contribution < 1.29 is 18.7 Å². The number of hydrogen-bond acceptors (Lipinski definition) is 4. The minimum absolute atomic E-state index is 0. The maximum Gasteiger partial charge on any atom is 0.250 e. The van der Waals surface area contributed by atoms with Crippen LogP contribution in [0.3, 0.4) is 0 Å². The first kappa shape index (κ1) is 29.4. The molecule has 1 aliphatic heterocycles. The highest BCUT2D eigenvalue weighted by molar-refractivity contribution is 6.30. The summed E-state index contributed by atoms with van der Waals surface area (Å²) in [6.07, 6.45) is 0.872. The molecule has 3 aromatic carbocycles. The Hall–Kier alpha value is -3.13. The minimum atomic E-state index is -0.998. The summed E-state index contributed by atoms with van der Waals surface area (Å²) in [6, 6.07) is 19.6. The molecule has 0 bridgehead atoms. The van der Waals surface area contributed by atoms with Gasteiger partial charge in [-0.05, 0) is 66.9 Å². The lowest BCUT2D eigenvalue weighted by molar-refractivity contribution is -0.135. The summed E-state index contributed by atoms with van der Waals surface area (Å²) in [5, 5.41) is 3.41. The molecule has 9 heteroatoms. The fourth-order valence-electron chi connectivity index (χ4n) is 4.59. The first-order valence-corrected chi connectivity index (χ1v) is 12.9. The molecule has 1 fully saturated rings. The fourth-order valence-corrected chi connectivity index (χ4v) is 4.72. The molecule has 2 atom stereocenters. The summed E-state index contributed by atoms with van der Waals surface area (Å²) in [5.41, 5.74) is 1.79. The normalized spacial score (nSPS) is 15.8. The van der Waals surface area contributed by atoms with E-state index >= 15 is 0 Å². The van der Waals surface area contributed by atoms with Crippen LogP contribution >= 0.6 is 24.0 Å². The molecule has 2 amide bonds. The number of hydrogen-bond donors (Lipinski definition) is 1. The average Bonchev–Trinajstić information content (AvgIpc) is 2.93. The third-order valence-corrected chi connectivity index (χ3v) is 6.76. The van der Waals surface area contributed by atoms with Crippen LogP contribution in [0, 0.1) is 12.7 Å². The zero-order valence-electron chi connectivity index (χ0n) is 21.4. The van der Waals surface area contributed by atoms with Gasteiger partial charge in [-0.2, -0.15) is 0 Å². The van der Waals surface area contributed by atoms with Crippen LogP contribution in [0.2, 0.25) is 0 Å². The van der Waals surface area contributed by atoms with E-state index in [0.717, 1.165) is 12.0 Å². The Labute approximate surface area is 234 Å². The van der Waals surface area contributed by atoms with E-state index in [-0.39, 0.29) is 30.2 Å². The smallest absolute Gasteiger partial charge is 0.250 e. The molecule has 4 rings (SSSR count). The number of amides is 2. The average molecular weight is 560 g/mol. The molecule has 1 saturated heterocycles. The number of anilines is 1. The summed E-state index contributed by atoms with van der Waals surface area (Å²) in [6.45, 7) is 5.62. The highest BCUT2D eigenvalue weighted by Gasteiger charge is 2.37. The Morgan fingerprint density at radius 2 is 1.82 bits per heavy atom. The number of carbonyl (C=O) groups excluding carboxylic acids is 2. The van der Waals surface area contributed by atoms with E-state index in [1.54, 1.807) is 29.2 Å². The van der Waals surface area contributed by atoms with Gasteiger partial charge in [0.2, 0.25) is 5.91 Å². The highest BCUT2D eigenvalue weighted by Crippen LogP contribution is 2.35. The molecular formula is C29H32Cl2FN3O3. The maximum atomic E-state index is 14.0. The maximum absolute atomic E-state index is 14.0. The van der Waals surface area contributed by atoms with Gasteiger partial charge in [-0.3, -0.25) is 14.5 Å². The second kappa shape index (κ2) is 13.6. The molecule has 1 N–H and O–H groups in total. The summed E-state index contributed by atoms with van der Waals surface area (Å²) in [7, 11) is 0. The number of piperazine rings is 1. The number of nitrogens with zero attached hydrogens (tertiary/aromatic N) is 2. The van der Waals surface area contributed by atoms with Crippen molar-refractivity contribution in [3.05, 3.63) is 89.7 Å². The lowest BCUT2D eigenvalue weighted by atomic mass is 10.00. The van der Waals surface area contributed by atoms with Crippen molar-refractivity contribution in [2.45, 2.75) is 32.4 Å². The first-order chi connectivity index (χ1) is 17.9. The molecule has 0 unspecified atom stereocenters. The van der Waals surface area contributed by atoms with Crippen molar-refractivity contribution >= 4 is 41.5 Å². The van der Waals surface area contributed by atoms with Crippen LogP contribution in [0.15, 0.2) is 72.8 Å². The van der Waals surface area contributed by atoms with Crippen LogP contribution in [-0.4, -0.2) is 48.3 Å². The summed E-state index contributed by atoms with van der Waals surface area (Å²) >= 11 is 6.07. The van der Waals surface area contributed by atoms with Crippen molar-refractivity contribution in [1.29, 1.82) is 0 Å². The fraction of sp³-hybridized carbons (Fsp3) is 0.310. The molecule has 202 valence electrons. The number of ether oxygens (including phenoxy) is 1. The molecule has 6 nitrogen and oxygen atoms in total. The Morgan fingerprint density at radius 1 is 1.11 bits per heavy atom. The van der Waals surface area contributed by atoms with Gasteiger partial charge in [0.1, 0.15) is 29.2 Å². The van der Waals surface area contributed by atoms with E-state index in [0.29, 0.717) is 42.4 Å². The van der Waals surface area contributed by atoms with Crippen LogP contribution in [0.25, 0.3) is 0 Å². The number of para-hydroxylation sites is 1. The van der Waals surface area contributed by atoms with E-state index in [1.807, 2.05) is 43.3 Å². The van der Waals surface area contributed by atoms with E-state index in [1.165, 1.54) is 17.0 Å². The third kappa shape index (κ3) is 6.84. The van der Waals surface area contributed by atoms with Gasteiger partial charge < -0.3 is 15.0 Å². The van der Waals surface area contributed by atoms with Gasteiger partial charge in [0.15, 0.2) is 0 Å². The Balaban J connectivity index is 0.00000400. The lowest BCUT2D eigenvalue weighted by Crippen LogP contribution is -2.55. The van der Waals surface area contributed by atoms with Gasteiger partial charge in [0.25, 0.3) is 5.91 Å². The standard InChI is InChI=1S/C29H31ClFN3O3.ClH/c1-3-23-19-33(16-15-32-23)29(36)28(21-9-11-22(31)12-10-21)34(27(35)18-30)26-14-13-25(17-20(26)2)37-24-7-5-4-6-8-24;/h4-14,17,23,28,32H,3,15-16,18-19H2,1-2H3;1H/t23-,28+;/m1./s1. The molecule has 1 heterocycles. The largest absolute Gasteiger partial charge is 0.457 e. The minimum Gasteiger partial charge on any atom is -0.457 e. The molecule has 1 aliphatic rings. The zero-order chi connectivity index (χ0) is 26.4. The number of benzene rings is 3. The van der Waals surface area contributed by atoms with Crippen molar-refractivity contribution in [1.82, 2.24) is 10.2 Å². The SMILES string of the molecule is CC[C@@H]1CN(C(=O)[C@H](c2ccc(F)cc2)N(C(=O)CCl)c2ccc(Oc3ccccc3)cc2C)CCN1.Cl. The van der Waals surface area contributed by atoms with Crippen LogP contribution in [0.4, 0.5) is 10.1 Å².